The molecule has 1 aliphatic heterocycles. The number of pyridine rings is 1. The Balaban J connectivity index is 1.49. The minimum atomic E-state index is 0.413. The Morgan fingerprint density at radius 1 is 0.966 bits per heavy atom. The monoisotopic (exact) mass is 392 g/mol. The molecule has 1 aromatic carbocycles. The van der Waals surface area contributed by atoms with Gasteiger partial charge in [0.15, 0.2) is 5.82 Å². The summed E-state index contributed by atoms with van der Waals surface area (Å²) in [5.41, 5.74) is 2.62. The Morgan fingerprint density at radius 2 is 1.66 bits per heavy atom. The van der Waals surface area contributed by atoms with Gasteiger partial charge >= 0.3 is 0 Å². The van der Waals surface area contributed by atoms with Crippen LogP contribution in [-0.4, -0.2) is 41.1 Å². The second-order valence-electron chi connectivity index (χ2n) is 9.01. The van der Waals surface area contributed by atoms with E-state index in [9.17, 15) is 0 Å². The van der Waals surface area contributed by atoms with E-state index in [0.717, 1.165) is 6.54 Å². The van der Waals surface area contributed by atoms with Crippen LogP contribution in [0.2, 0.25) is 0 Å². The van der Waals surface area contributed by atoms with Gasteiger partial charge < -0.3 is 10.2 Å². The largest absolute Gasteiger partial charge is 0.380 e. The maximum Gasteiger partial charge on any atom is 0.152 e. The zero-order valence-electron chi connectivity index (χ0n) is 18.1. The van der Waals surface area contributed by atoms with Crippen LogP contribution < -0.4 is 10.2 Å². The van der Waals surface area contributed by atoms with Crippen molar-refractivity contribution in [3.63, 3.8) is 0 Å². The molecule has 4 heteroatoms. The van der Waals surface area contributed by atoms with Gasteiger partial charge in [-0.25, -0.2) is 4.98 Å². The molecular weight excluding hydrogens is 356 g/mol. The van der Waals surface area contributed by atoms with Crippen LogP contribution >= 0.6 is 0 Å². The van der Waals surface area contributed by atoms with Crippen molar-refractivity contribution in [3.8, 4) is 0 Å². The number of benzene rings is 1. The van der Waals surface area contributed by atoms with Gasteiger partial charge in [0.2, 0.25) is 0 Å². The van der Waals surface area contributed by atoms with Crippen molar-refractivity contribution < 1.29 is 0 Å². The zero-order valence-corrected chi connectivity index (χ0v) is 18.1. The molecule has 2 aliphatic rings. The molecule has 4 rings (SSSR count). The standard InChI is InChI=1S/C25H36N4/c1-20(2)27-24-13-8-16-26-25(24)29(22-11-6-7-12-22)23-14-17-28(18-15-23)19-21-9-4-3-5-10-21/h3-5,8-10,13,16,20,22-23,27H,6-7,11-12,14-15,17-19H2,1-2H3. The molecule has 1 aromatic heterocycles. The number of likely N-dealkylation sites (tertiary alicyclic amines) is 1. The van der Waals surface area contributed by atoms with Crippen molar-refractivity contribution in [2.75, 3.05) is 23.3 Å². The number of rotatable bonds is 7. The average molecular weight is 393 g/mol. The highest BCUT2D eigenvalue weighted by molar-refractivity contribution is 5.66. The summed E-state index contributed by atoms with van der Waals surface area (Å²) in [4.78, 5) is 10.2. The highest BCUT2D eigenvalue weighted by Crippen LogP contribution is 2.36. The lowest BCUT2D eigenvalue weighted by Gasteiger charge is -2.43. The lowest BCUT2D eigenvalue weighted by molar-refractivity contribution is 0.197. The molecule has 2 fully saturated rings. The Bertz CT molecular complexity index is 746. The molecular formula is C25H36N4. The first-order valence-corrected chi connectivity index (χ1v) is 11.5. The molecule has 1 saturated heterocycles. The predicted octanol–water partition coefficient (Wildman–Crippen LogP) is 5.32. The highest BCUT2D eigenvalue weighted by Gasteiger charge is 2.33. The summed E-state index contributed by atoms with van der Waals surface area (Å²) in [6.45, 7) is 7.82. The van der Waals surface area contributed by atoms with E-state index in [0.29, 0.717) is 18.1 Å². The zero-order chi connectivity index (χ0) is 20.1. The van der Waals surface area contributed by atoms with Gasteiger partial charge in [0.1, 0.15) is 0 Å². The molecule has 0 amide bonds. The lowest BCUT2D eigenvalue weighted by atomic mass is 9.99. The fraction of sp³-hybridized carbons (Fsp3) is 0.560. The summed E-state index contributed by atoms with van der Waals surface area (Å²) >= 11 is 0. The van der Waals surface area contributed by atoms with Gasteiger partial charge in [-0.05, 0) is 57.2 Å². The van der Waals surface area contributed by atoms with Crippen molar-refractivity contribution in [2.24, 2.45) is 0 Å². The van der Waals surface area contributed by atoms with E-state index in [1.54, 1.807) is 0 Å². The van der Waals surface area contributed by atoms with Crippen LogP contribution in [0.3, 0.4) is 0 Å². The second-order valence-corrected chi connectivity index (χ2v) is 9.01. The SMILES string of the molecule is CC(C)Nc1cccnc1N(C1CCCC1)C1CCN(Cc2ccccc2)CC1. The summed E-state index contributed by atoms with van der Waals surface area (Å²) < 4.78 is 0. The van der Waals surface area contributed by atoms with Crippen LogP contribution in [-0.2, 0) is 6.54 Å². The van der Waals surface area contributed by atoms with E-state index in [1.807, 2.05) is 6.20 Å². The minimum Gasteiger partial charge on any atom is -0.380 e. The van der Waals surface area contributed by atoms with Crippen molar-refractivity contribution in [2.45, 2.75) is 77.0 Å². The summed E-state index contributed by atoms with van der Waals surface area (Å²) in [5.74, 6) is 1.18. The van der Waals surface area contributed by atoms with Crippen LogP contribution in [0.25, 0.3) is 0 Å². The summed E-state index contributed by atoms with van der Waals surface area (Å²) in [6, 6.07) is 16.8. The third-order valence-electron chi connectivity index (χ3n) is 6.39. The van der Waals surface area contributed by atoms with Crippen LogP contribution in [0.5, 0.6) is 0 Å². The molecule has 1 N–H and O–H groups in total. The van der Waals surface area contributed by atoms with Crippen molar-refractivity contribution in [1.82, 2.24) is 9.88 Å². The van der Waals surface area contributed by atoms with E-state index in [4.69, 9.17) is 4.98 Å². The van der Waals surface area contributed by atoms with Gasteiger partial charge in [0.25, 0.3) is 0 Å². The number of hydrogen-bond donors (Lipinski definition) is 1. The second kappa shape index (κ2) is 9.62. The van der Waals surface area contributed by atoms with Crippen LogP contribution in [0.4, 0.5) is 11.5 Å². The molecule has 29 heavy (non-hydrogen) atoms. The quantitative estimate of drug-likeness (QED) is 0.691. The van der Waals surface area contributed by atoms with Gasteiger partial charge in [-0.15, -0.1) is 0 Å². The molecule has 0 unspecified atom stereocenters. The third-order valence-corrected chi connectivity index (χ3v) is 6.39. The molecule has 1 aliphatic carbocycles. The van der Waals surface area contributed by atoms with E-state index in [-0.39, 0.29) is 0 Å². The average Bonchev–Trinajstić information content (AvgIpc) is 3.25. The summed E-state index contributed by atoms with van der Waals surface area (Å²) in [6.07, 6.45) is 9.74. The normalized spacial score (nSPS) is 19.0. The van der Waals surface area contributed by atoms with Gasteiger partial charge in [0, 0.05) is 44.0 Å². The Kier molecular flexibility index (Phi) is 6.70. The van der Waals surface area contributed by atoms with Gasteiger partial charge in [-0.3, -0.25) is 4.90 Å². The number of anilines is 2. The van der Waals surface area contributed by atoms with E-state index in [1.165, 1.54) is 68.7 Å². The fourth-order valence-electron chi connectivity index (χ4n) is 5.05. The molecule has 0 spiro atoms. The maximum absolute atomic E-state index is 4.89. The van der Waals surface area contributed by atoms with E-state index >= 15 is 0 Å². The topological polar surface area (TPSA) is 31.4 Å². The Labute approximate surface area is 176 Å². The molecule has 2 aromatic rings. The number of nitrogens with zero attached hydrogens (tertiary/aromatic N) is 3. The Morgan fingerprint density at radius 3 is 2.34 bits per heavy atom. The first-order valence-electron chi connectivity index (χ1n) is 11.5. The summed E-state index contributed by atoms with van der Waals surface area (Å²) in [5, 5.41) is 3.64. The first kappa shape index (κ1) is 20.2. The molecule has 2 heterocycles. The Hall–Kier alpha value is -2.07. The number of hydrogen-bond acceptors (Lipinski definition) is 4. The third kappa shape index (κ3) is 5.11. The van der Waals surface area contributed by atoms with Crippen molar-refractivity contribution in [3.05, 3.63) is 54.2 Å². The number of nitrogens with one attached hydrogen (secondary N) is 1. The van der Waals surface area contributed by atoms with E-state index < -0.39 is 0 Å². The molecule has 4 nitrogen and oxygen atoms in total. The van der Waals surface area contributed by atoms with Crippen LogP contribution in [0.1, 0.15) is 57.9 Å². The molecule has 156 valence electrons. The smallest absolute Gasteiger partial charge is 0.152 e. The predicted molar refractivity (Wildman–Crippen MR) is 122 cm³/mol. The van der Waals surface area contributed by atoms with Gasteiger partial charge in [-0.2, -0.15) is 0 Å². The fourth-order valence-corrected chi connectivity index (χ4v) is 5.05. The van der Waals surface area contributed by atoms with Gasteiger partial charge in [-0.1, -0.05) is 43.2 Å². The van der Waals surface area contributed by atoms with Crippen LogP contribution in [0, 0.1) is 0 Å². The number of aromatic nitrogens is 1. The molecule has 0 bridgehead atoms. The summed E-state index contributed by atoms with van der Waals surface area (Å²) in [7, 11) is 0. The number of piperidine rings is 1. The van der Waals surface area contributed by atoms with Crippen molar-refractivity contribution in [1.29, 1.82) is 0 Å². The van der Waals surface area contributed by atoms with Crippen molar-refractivity contribution >= 4 is 11.5 Å². The lowest BCUT2D eigenvalue weighted by Crippen LogP contribution is -2.49. The van der Waals surface area contributed by atoms with Gasteiger partial charge in [0.05, 0.1) is 5.69 Å². The minimum absolute atomic E-state index is 0.413. The molecule has 0 atom stereocenters. The first-order chi connectivity index (χ1) is 14.2. The maximum atomic E-state index is 4.89. The molecule has 0 radical (unpaired) electrons. The van der Waals surface area contributed by atoms with E-state index in [2.05, 4.69) is 71.4 Å². The highest BCUT2D eigenvalue weighted by atomic mass is 15.3. The molecule has 1 saturated carbocycles. The van der Waals surface area contributed by atoms with Crippen LogP contribution in [0.15, 0.2) is 48.7 Å².